The zero-order valence-corrected chi connectivity index (χ0v) is 23.9. The van der Waals surface area contributed by atoms with E-state index >= 15 is 0 Å². The van der Waals surface area contributed by atoms with E-state index < -0.39 is 36.1 Å². The molecule has 0 radical (unpaired) electrons. The van der Waals surface area contributed by atoms with Crippen LogP contribution in [-0.4, -0.2) is 50.4 Å². The molecule has 0 unspecified atom stereocenters. The largest absolute Gasteiger partial charge is 0.490 e. The van der Waals surface area contributed by atoms with E-state index in [0.717, 1.165) is 0 Å². The maximum atomic E-state index is 12.7. The third-order valence-corrected chi connectivity index (χ3v) is 6.59. The van der Waals surface area contributed by atoms with Crippen molar-refractivity contribution >= 4 is 24.0 Å². The minimum atomic E-state index is -0.782. The summed E-state index contributed by atoms with van der Waals surface area (Å²) in [5.41, 5.74) is 2.51. The number of amides is 4. The van der Waals surface area contributed by atoms with Gasteiger partial charge in [-0.15, -0.1) is 0 Å². The van der Waals surface area contributed by atoms with Crippen molar-refractivity contribution in [2.24, 2.45) is 0 Å². The van der Waals surface area contributed by atoms with Gasteiger partial charge in [0.15, 0.2) is 0 Å². The van der Waals surface area contributed by atoms with Gasteiger partial charge in [0.25, 0.3) is 0 Å². The van der Waals surface area contributed by atoms with Gasteiger partial charge >= 0.3 is 24.0 Å². The Labute approximate surface area is 243 Å². The molecule has 0 saturated carbocycles. The molecule has 42 heavy (non-hydrogen) atoms. The zero-order valence-electron chi connectivity index (χ0n) is 23.9. The van der Waals surface area contributed by atoms with Gasteiger partial charge in [0.2, 0.25) is 0 Å². The van der Waals surface area contributed by atoms with Crippen molar-refractivity contribution in [3.05, 3.63) is 82.2 Å². The summed E-state index contributed by atoms with van der Waals surface area (Å²) in [6.07, 6.45) is 0. The van der Waals surface area contributed by atoms with Gasteiger partial charge in [-0.2, -0.15) is 0 Å². The van der Waals surface area contributed by atoms with Crippen molar-refractivity contribution in [2.45, 2.75) is 39.8 Å². The number of benzene rings is 2. The van der Waals surface area contributed by atoms with Gasteiger partial charge in [-0.3, -0.25) is 0 Å². The first-order chi connectivity index (χ1) is 20.2. The number of allylic oxidation sites excluding steroid dienone is 2. The molecule has 0 spiro atoms. The van der Waals surface area contributed by atoms with Crippen LogP contribution in [0.5, 0.6) is 11.5 Å². The summed E-state index contributed by atoms with van der Waals surface area (Å²) in [4.78, 5) is 50.0. The fourth-order valence-corrected chi connectivity index (χ4v) is 4.82. The minimum absolute atomic E-state index is 0.111. The standard InChI is InChI=1S/C30H34N4O8/c1-5-39-27(35)23-17(3)31-29(37)33-25(23)19-11-7-9-13-21(19)41-15-16-42-22-14-10-8-12-20(22)26-24(28(36)40-6-2)18(4)32-30(38)34-26/h7-14,25-26H,5-6,15-16H2,1-4H3,(H2,31,33,37)(H2,32,34,38)/t25-,26+. The first-order valence-electron chi connectivity index (χ1n) is 13.6. The summed E-state index contributed by atoms with van der Waals surface area (Å²) in [6.45, 7) is 7.29. The summed E-state index contributed by atoms with van der Waals surface area (Å²) in [5.74, 6) is -0.188. The summed E-state index contributed by atoms with van der Waals surface area (Å²) in [6, 6.07) is 11.7. The van der Waals surface area contributed by atoms with Crippen molar-refractivity contribution in [1.29, 1.82) is 0 Å². The minimum Gasteiger partial charge on any atom is -0.490 e. The first kappa shape index (κ1) is 30.0. The number of esters is 2. The Balaban J connectivity index is 1.51. The van der Waals surface area contributed by atoms with Gasteiger partial charge in [-0.05, 0) is 39.8 Å². The smallest absolute Gasteiger partial charge is 0.338 e. The molecule has 0 fully saturated rings. The maximum Gasteiger partial charge on any atom is 0.338 e. The van der Waals surface area contributed by atoms with Crippen molar-refractivity contribution in [3.63, 3.8) is 0 Å². The lowest BCUT2D eigenvalue weighted by molar-refractivity contribution is -0.140. The molecule has 2 aromatic carbocycles. The molecule has 4 rings (SSSR count). The molecule has 4 N–H and O–H groups in total. The van der Waals surface area contributed by atoms with Crippen LogP contribution in [0.3, 0.4) is 0 Å². The summed E-state index contributed by atoms with van der Waals surface area (Å²) in [7, 11) is 0. The first-order valence-corrected chi connectivity index (χ1v) is 13.6. The molecule has 2 atom stereocenters. The Hall–Kier alpha value is -5.00. The molecule has 12 heteroatoms. The maximum absolute atomic E-state index is 12.7. The van der Waals surface area contributed by atoms with Crippen LogP contribution in [0.25, 0.3) is 0 Å². The highest BCUT2D eigenvalue weighted by Crippen LogP contribution is 2.35. The van der Waals surface area contributed by atoms with E-state index in [0.29, 0.717) is 34.0 Å². The van der Waals surface area contributed by atoms with Gasteiger partial charge < -0.3 is 40.2 Å². The van der Waals surface area contributed by atoms with E-state index in [-0.39, 0.29) is 37.6 Å². The highest BCUT2D eigenvalue weighted by atomic mass is 16.5. The molecule has 2 aliphatic heterocycles. The van der Waals surface area contributed by atoms with Crippen molar-refractivity contribution in [2.75, 3.05) is 26.4 Å². The Morgan fingerprint density at radius 1 is 0.667 bits per heavy atom. The molecule has 4 amide bonds. The van der Waals surface area contributed by atoms with Crippen LogP contribution in [0, 0.1) is 0 Å². The average molecular weight is 579 g/mol. The zero-order chi connectivity index (χ0) is 30.2. The third kappa shape index (κ3) is 6.65. The van der Waals surface area contributed by atoms with E-state index in [2.05, 4.69) is 21.3 Å². The normalized spacial score (nSPS) is 18.3. The summed E-state index contributed by atoms with van der Waals surface area (Å²) >= 11 is 0. The quantitative estimate of drug-likeness (QED) is 0.233. The number of ether oxygens (including phenoxy) is 4. The van der Waals surface area contributed by atoms with Gasteiger partial charge in [-0.25, -0.2) is 19.2 Å². The average Bonchev–Trinajstić information content (AvgIpc) is 2.95. The summed E-state index contributed by atoms with van der Waals surface area (Å²) < 4.78 is 22.5. The fourth-order valence-electron chi connectivity index (χ4n) is 4.82. The Kier molecular flexibility index (Phi) is 9.69. The van der Waals surface area contributed by atoms with Gasteiger partial charge in [-0.1, -0.05) is 36.4 Å². The number of carbonyl (C=O) groups excluding carboxylic acids is 4. The molecular weight excluding hydrogens is 544 g/mol. The van der Waals surface area contributed by atoms with Crippen LogP contribution >= 0.6 is 0 Å². The van der Waals surface area contributed by atoms with Gasteiger partial charge in [0.1, 0.15) is 24.7 Å². The lowest BCUT2D eigenvalue weighted by Crippen LogP contribution is -2.45. The molecular formula is C30H34N4O8. The van der Waals surface area contributed by atoms with Crippen LogP contribution in [0.1, 0.15) is 50.9 Å². The molecule has 2 aliphatic rings. The van der Waals surface area contributed by atoms with Crippen molar-refractivity contribution in [3.8, 4) is 11.5 Å². The van der Waals surface area contributed by atoms with E-state index in [9.17, 15) is 19.2 Å². The molecule has 0 bridgehead atoms. The predicted octanol–water partition coefficient (Wildman–Crippen LogP) is 3.53. The van der Waals surface area contributed by atoms with Gasteiger partial charge in [0, 0.05) is 22.5 Å². The topological polar surface area (TPSA) is 153 Å². The third-order valence-electron chi connectivity index (χ3n) is 6.59. The number of para-hydroxylation sites is 2. The van der Waals surface area contributed by atoms with Crippen molar-refractivity contribution in [1.82, 2.24) is 21.3 Å². The number of hydrogen-bond donors (Lipinski definition) is 4. The molecule has 2 heterocycles. The highest BCUT2D eigenvalue weighted by molar-refractivity contribution is 5.96. The summed E-state index contributed by atoms with van der Waals surface area (Å²) in [5, 5.41) is 10.8. The van der Waals surface area contributed by atoms with Crippen LogP contribution in [-0.2, 0) is 19.1 Å². The lowest BCUT2D eigenvalue weighted by Gasteiger charge is -2.29. The number of hydrogen-bond acceptors (Lipinski definition) is 8. The van der Waals surface area contributed by atoms with E-state index in [1.165, 1.54) is 0 Å². The fraction of sp³-hybridized carbons (Fsp3) is 0.333. The van der Waals surface area contributed by atoms with Crippen LogP contribution in [0.4, 0.5) is 9.59 Å². The molecule has 222 valence electrons. The van der Waals surface area contributed by atoms with Crippen molar-refractivity contribution < 1.29 is 38.1 Å². The second-order valence-corrected chi connectivity index (χ2v) is 9.35. The molecule has 12 nitrogen and oxygen atoms in total. The molecule has 0 saturated heterocycles. The predicted molar refractivity (Wildman–Crippen MR) is 151 cm³/mol. The Morgan fingerprint density at radius 3 is 1.43 bits per heavy atom. The molecule has 0 aromatic heterocycles. The monoisotopic (exact) mass is 578 g/mol. The van der Waals surface area contributed by atoms with E-state index in [1.54, 1.807) is 76.2 Å². The second-order valence-electron chi connectivity index (χ2n) is 9.35. The number of nitrogens with one attached hydrogen (secondary N) is 4. The van der Waals surface area contributed by atoms with E-state index in [4.69, 9.17) is 18.9 Å². The van der Waals surface area contributed by atoms with Crippen LogP contribution < -0.4 is 30.7 Å². The molecule has 0 aliphatic carbocycles. The molecule has 2 aromatic rings. The van der Waals surface area contributed by atoms with E-state index in [1.807, 2.05) is 0 Å². The second kappa shape index (κ2) is 13.6. The Morgan fingerprint density at radius 2 is 1.05 bits per heavy atom. The number of carbonyl (C=O) groups is 4. The number of rotatable bonds is 11. The van der Waals surface area contributed by atoms with Crippen LogP contribution in [0.2, 0.25) is 0 Å². The highest BCUT2D eigenvalue weighted by Gasteiger charge is 2.35. The Bertz CT molecular complexity index is 1330. The number of urea groups is 2. The lowest BCUT2D eigenvalue weighted by atomic mass is 9.95. The van der Waals surface area contributed by atoms with Gasteiger partial charge in [0.05, 0.1) is 36.4 Å². The SMILES string of the molecule is CCOC(=O)C1=C(C)NC(=O)N[C@H]1c1ccccc1OCCOc1ccccc1[C@H]1NC(=O)NC(C)=C1C(=O)OCC. The van der Waals surface area contributed by atoms with Crippen LogP contribution in [0.15, 0.2) is 71.1 Å².